The molecule has 0 aliphatic rings. The topological polar surface area (TPSA) is 52.0 Å². The number of rotatable bonds is 1. The third-order valence-electron chi connectivity index (χ3n) is 2.63. The summed E-state index contributed by atoms with van der Waals surface area (Å²) in [4.78, 5) is 4.18. The number of nitrogens with two attached hydrogens (primary N) is 1. The van der Waals surface area contributed by atoms with Crippen molar-refractivity contribution in [3.05, 3.63) is 46.2 Å². The molecule has 0 spiro atoms. The van der Waals surface area contributed by atoms with Gasteiger partial charge in [0.25, 0.3) is 0 Å². The van der Waals surface area contributed by atoms with Crippen LogP contribution in [-0.2, 0) is 0 Å². The van der Waals surface area contributed by atoms with E-state index in [0.29, 0.717) is 26.8 Å². The fourth-order valence-electron chi connectivity index (χ4n) is 1.78. The minimum atomic E-state index is -0.506. The molecule has 3 aromatic rings. The van der Waals surface area contributed by atoms with Crippen molar-refractivity contribution in [2.45, 2.75) is 0 Å². The first-order chi connectivity index (χ1) is 9.04. The third kappa shape index (κ3) is 2.13. The lowest BCUT2D eigenvalue weighted by molar-refractivity contribution is 0.594. The number of anilines is 1. The van der Waals surface area contributed by atoms with Gasteiger partial charge in [0, 0.05) is 10.7 Å². The lowest BCUT2D eigenvalue weighted by Crippen LogP contribution is -1.89. The van der Waals surface area contributed by atoms with Crippen LogP contribution in [0.3, 0.4) is 0 Å². The maximum Gasteiger partial charge on any atom is 0.230 e. The minimum absolute atomic E-state index is 0.136. The number of halogens is 3. The molecule has 3 rings (SSSR count). The molecule has 0 atom stereocenters. The number of hydrogen-bond acceptors (Lipinski definition) is 3. The van der Waals surface area contributed by atoms with Gasteiger partial charge in [0.2, 0.25) is 5.89 Å². The van der Waals surface area contributed by atoms with Gasteiger partial charge in [-0.3, -0.25) is 0 Å². The summed E-state index contributed by atoms with van der Waals surface area (Å²) in [5, 5.41) is 0.771. The molecule has 19 heavy (non-hydrogen) atoms. The van der Waals surface area contributed by atoms with E-state index in [-0.39, 0.29) is 11.5 Å². The average Bonchev–Trinajstić information content (AvgIpc) is 2.72. The standard InChI is InChI=1S/C13H7Cl2FN2O/c14-6-3-9(15)12-11(4-6)18-13(19-12)8-2-1-7(17)5-10(8)16/h1-5H,17H2. The molecule has 0 aliphatic heterocycles. The fraction of sp³-hybridized carbons (Fsp3) is 0. The number of benzene rings is 2. The average molecular weight is 297 g/mol. The molecule has 0 aliphatic carbocycles. The molecular formula is C13H7Cl2FN2O. The van der Waals surface area contributed by atoms with Crippen LogP contribution in [0.4, 0.5) is 10.1 Å². The molecule has 0 bridgehead atoms. The van der Waals surface area contributed by atoms with Crippen LogP contribution >= 0.6 is 23.2 Å². The molecule has 6 heteroatoms. The lowest BCUT2D eigenvalue weighted by atomic mass is 10.2. The normalized spacial score (nSPS) is 11.1. The molecule has 0 fully saturated rings. The molecule has 1 heterocycles. The summed E-state index contributed by atoms with van der Waals surface area (Å²) < 4.78 is 19.3. The van der Waals surface area contributed by atoms with Crippen LogP contribution in [-0.4, -0.2) is 4.98 Å². The van der Waals surface area contributed by atoms with E-state index in [1.807, 2.05) is 0 Å². The van der Waals surface area contributed by atoms with Gasteiger partial charge in [-0.25, -0.2) is 9.37 Å². The molecular weight excluding hydrogens is 290 g/mol. The molecule has 0 saturated carbocycles. The van der Waals surface area contributed by atoms with E-state index in [9.17, 15) is 4.39 Å². The SMILES string of the molecule is Nc1ccc(-c2nc3cc(Cl)cc(Cl)c3o2)c(F)c1. The Hall–Kier alpha value is -1.78. The Labute approximate surface area is 117 Å². The molecule has 3 nitrogen and oxygen atoms in total. The number of nitrogen functional groups attached to an aromatic ring is 1. The highest BCUT2D eigenvalue weighted by Crippen LogP contribution is 2.33. The fourth-order valence-corrected chi connectivity index (χ4v) is 2.30. The van der Waals surface area contributed by atoms with Gasteiger partial charge in [0.1, 0.15) is 11.3 Å². The quantitative estimate of drug-likeness (QED) is 0.672. The maximum absolute atomic E-state index is 13.8. The Balaban J connectivity index is 2.23. The highest BCUT2D eigenvalue weighted by atomic mass is 35.5. The number of fused-ring (bicyclic) bond motifs is 1. The zero-order valence-corrected chi connectivity index (χ0v) is 11.0. The lowest BCUT2D eigenvalue weighted by Gasteiger charge is -1.98. The van der Waals surface area contributed by atoms with Crippen LogP contribution in [0.25, 0.3) is 22.6 Å². The van der Waals surface area contributed by atoms with Crippen LogP contribution < -0.4 is 5.73 Å². The van der Waals surface area contributed by atoms with Crippen LogP contribution in [0.15, 0.2) is 34.7 Å². The van der Waals surface area contributed by atoms with Crippen LogP contribution in [0.2, 0.25) is 10.0 Å². The molecule has 2 N–H and O–H groups in total. The Kier molecular flexibility index (Phi) is 2.84. The largest absolute Gasteiger partial charge is 0.434 e. The summed E-state index contributed by atoms with van der Waals surface area (Å²) in [7, 11) is 0. The first-order valence-electron chi connectivity index (χ1n) is 5.35. The number of oxazole rings is 1. The summed E-state index contributed by atoms with van der Waals surface area (Å²) in [6.07, 6.45) is 0. The second kappa shape index (κ2) is 4.40. The Morgan fingerprint density at radius 1 is 1.16 bits per heavy atom. The monoisotopic (exact) mass is 296 g/mol. The smallest absolute Gasteiger partial charge is 0.230 e. The van der Waals surface area contributed by atoms with Crippen LogP contribution in [0.5, 0.6) is 0 Å². The summed E-state index contributed by atoms with van der Waals surface area (Å²) in [6, 6.07) is 7.43. The summed E-state index contributed by atoms with van der Waals surface area (Å²) >= 11 is 11.9. The Morgan fingerprint density at radius 3 is 2.68 bits per heavy atom. The molecule has 0 amide bonds. The molecule has 1 aromatic heterocycles. The molecule has 0 unspecified atom stereocenters. The molecule has 0 saturated heterocycles. The van der Waals surface area contributed by atoms with Gasteiger partial charge < -0.3 is 10.2 Å². The second-order valence-corrected chi connectivity index (χ2v) is 4.84. The van der Waals surface area contributed by atoms with E-state index in [0.717, 1.165) is 0 Å². The molecule has 96 valence electrons. The zero-order valence-electron chi connectivity index (χ0n) is 9.45. The Morgan fingerprint density at radius 2 is 1.95 bits per heavy atom. The van der Waals surface area contributed by atoms with Crippen molar-refractivity contribution in [2.24, 2.45) is 0 Å². The third-order valence-corrected chi connectivity index (χ3v) is 3.13. The van der Waals surface area contributed by atoms with Crippen LogP contribution in [0.1, 0.15) is 0 Å². The van der Waals surface area contributed by atoms with Gasteiger partial charge in [0.15, 0.2) is 5.58 Å². The molecule has 0 radical (unpaired) electrons. The van der Waals surface area contributed by atoms with Crippen molar-refractivity contribution >= 4 is 40.0 Å². The van der Waals surface area contributed by atoms with Gasteiger partial charge in [0.05, 0.1) is 10.6 Å². The zero-order chi connectivity index (χ0) is 13.6. The Bertz CT molecular complexity index is 786. The molecule has 2 aromatic carbocycles. The second-order valence-electron chi connectivity index (χ2n) is 3.99. The summed E-state index contributed by atoms with van der Waals surface area (Å²) in [5.74, 6) is -0.370. The van der Waals surface area contributed by atoms with Crippen molar-refractivity contribution in [2.75, 3.05) is 5.73 Å². The highest BCUT2D eigenvalue weighted by molar-refractivity contribution is 6.38. The first kappa shape index (κ1) is 12.3. The van der Waals surface area contributed by atoms with Crippen molar-refractivity contribution in [3.8, 4) is 11.5 Å². The van der Waals surface area contributed by atoms with Crippen LogP contribution in [0, 0.1) is 5.82 Å². The summed E-state index contributed by atoms with van der Waals surface area (Å²) in [6.45, 7) is 0. The number of aromatic nitrogens is 1. The number of hydrogen-bond donors (Lipinski definition) is 1. The van der Waals surface area contributed by atoms with Gasteiger partial charge in [-0.15, -0.1) is 0 Å². The van der Waals surface area contributed by atoms with Crippen molar-refractivity contribution in [1.82, 2.24) is 4.98 Å². The van der Waals surface area contributed by atoms with Gasteiger partial charge in [-0.2, -0.15) is 0 Å². The van der Waals surface area contributed by atoms with E-state index in [1.54, 1.807) is 18.2 Å². The predicted molar refractivity (Wildman–Crippen MR) is 73.8 cm³/mol. The van der Waals surface area contributed by atoms with E-state index in [2.05, 4.69) is 4.98 Å². The van der Waals surface area contributed by atoms with Gasteiger partial charge in [-0.1, -0.05) is 23.2 Å². The predicted octanol–water partition coefficient (Wildman–Crippen LogP) is 4.52. The first-order valence-corrected chi connectivity index (χ1v) is 6.11. The van der Waals surface area contributed by atoms with Gasteiger partial charge >= 0.3 is 0 Å². The summed E-state index contributed by atoms with van der Waals surface area (Å²) in [5.41, 5.74) is 6.90. The van der Waals surface area contributed by atoms with E-state index in [4.69, 9.17) is 33.4 Å². The van der Waals surface area contributed by atoms with Crippen molar-refractivity contribution in [1.29, 1.82) is 0 Å². The van der Waals surface area contributed by atoms with E-state index in [1.165, 1.54) is 12.1 Å². The van der Waals surface area contributed by atoms with Crippen molar-refractivity contribution < 1.29 is 8.81 Å². The minimum Gasteiger partial charge on any atom is -0.434 e. The highest BCUT2D eigenvalue weighted by Gasteiger charge is 2.15. The van der Waals surface area contributed by atoms with Gasteiger partial charge in [-0.05, 0) is 30.3 Å². The maximum atomic E-state index is 13.8. The van der Waals surface area contributed by atoms with E-state index >= 15 is 0 Å². The van der Waals surface area contributed by atoms with E-state index < -0.39 is 5.82 Å². The van der Waals surface area contributed by atoms with Crippen molar-refractivity contribution in [3.63, 3.8) is 0 Å². The number of nitrogens with zero attached hydrogens (tertiary/aromatic N) is 1.